The van der Waals surface area contributed by atoms with Crippen LogP contribution in [0.5, 0.6) is 5.75 Å². The summed E-state index contributed by atoms with van der Waals surface area (Å²) in [6, 6.07) is 8.28. The first kappa shape index (κ1) is 10.5. The van der Waals surface area contributed by atoms with E-state index in [1.54, 1.807) is 0 Å². The average Bonchev–Trinajstić information content (AvgIpc) is 2.19. The molecular formula is C11H17OP. The van der Waals surface area contributed by atoms with Gasteiger partial charge in [-0.1, -0.05) is 31.9 Å². The smallest absolute Gasteiger partial charge is 0.122 e. The number of rotatable bonds is 5. The summed E-state index contributed by atoms with van der Waals surface area (Å²) in [6.07, 6.45) is 5.08. The van der Waals surface area contributed by atoms with E-state index in [4.69, 9.17) is 4.52 Å². The lowest BCUT2D eigenvalue weighted by Crippen LogP contribution is -1.84. The molecule has 1 aromatic carbocycles. The molecule has 0 heterocycles. The van der Waals surface area contributed by atoms with Gasteiger partial charge in [-0.2, -0.15) is 0 Å². The van der Waals surface area contributed by atoms with Gasteiger partial charge in [0.25, 0.3) is 0 Å². The zero-order chi connectivity index (χ0) is 9.52. The van der Waals surface area contributed by atoms with Gasteiger partial charge in [-0.05, 0) is 30.5 Å². The lowest BCUT2D eigenvalue weighted by Gasteiger charge is -2.02. The minimum Gasteiger partial charge on any atom is -0.480 e. The van der Waals surface area contributed by atoms with Gasteiger partial charge in [-0.25, -0.2) is 0 Å². The fourth-order valence-corrected chi connectivity index (χ4v) is 1.47. The van der Waals surface area contributed by atoms with Crippen LogP contribution in [-0.4, -0.2) is 0 Å². The van der Waals surface area contributed by atoms with Gasteiger partial charge in [0.1, 0.15) is 5.75 Å². The highest BCUT2D eigenvalue weighted by molar-refractivity contribution is 7.10. The number of hydrogen-bond acceptors (Lipinski definition) is 1. The van der Waals surface area contributed by atoms with Crippen molar-refractivity contribution in [3.05, 3.63) is 29.8 Å². The number of hydrogen-bond donors (Lipinski definition) is 0. The Morgan fingerprint density at radius 1 is 1.15 bits per heavy atom. The van der Waals surface area contributed by atoms with E-state index in [0.29, 0.717) is 0 Å². The molecule has 0 saturated carbocycles. The highest BCUT2D eigenvalue weighted by Gasteiger charge is 1.93. The molecule has 0 spiro atoms. The van der Waals surface area contributed by atoms with Crippen LogP contribution in [0.1, 0.15) is 31.7 Å². The topological polar surface area (TPSA) is 9.23 Å². The zero-order valence-corrected chi connectivity index (χ0v) is 9.28. The van der Waals surface area contributed by atoms with E-state index in [0.717, 1.165) is 5.75 Å². The summed E-state index contributed by atoms with van der Waals surface area (Å²) in [5.41, 5.74) is 1.40. The van der Waals surface area contributed by atoms with Crippen LogP contribution in [0.3, 0.4) is 0 Å². The summed E-state index contributed by atoms with van der Waals surface area (Å²) in [5, 5.41) is 0. The summed E-state index contributed by atoms with van der Waals surface area (Å²) < 4.78 is 5.01. The van der Waals surface area contributed by atoms with Gasteiger partial charge in [0.05, 0.1) is 9.47 Å². The van der Waals surface area contributed by atoms with E-state index in [-0.39, 0.29) is 0 Å². The Hall–Kier alpha value is -0.550. The molecule has 2 heteroatoms. The Kier molecular flexibility index (Phi) is 4.85. The predicted octanol–water partition coefficient (Wildman–Crippen LogP) is 3.59. The molecule has 1 atom stereocenters. The molecule has 72 valence electrons. The molecule has 0 saturated heterocycles. The lowest BCUT2D eigenvalue weighted by molar-refractivity contribution is 0.645. The van der Waals surface area contributed by atoms with Gasteiger partial charge in [0.2, 0.25) is 0 Å². The molecule has 0 N–H and O–H groups in total. The van der Waals surface area contributed by atoms with Crippen molar-refractivity contribution in [3.63, 3.8) is 0 Å². The van der Waals surface area contributed by atoms with E-state index in [1.165, 1.54) is 31.2 Å². The number of unbranched alkanes of at least 4 members (excludes halogenated alkanes) is 2. The van der Waals surface area contributed by atoms with Crippen molar-refractivity contribution < 1.29 is 4.52 Å². The fourth-order valence-electron chi connectivity index (χ4n) is 1.31. The van der Waals surface area contributed by atoms with Crippen LogP contribution < -0.4 is 4.52 Å². The molecule has 0 radical (unpaired) electrons. The van der Waals surface area contributed by atoms with E-state index in [1.807, 2.05) is 12.1 Å². The highest BCUT2D eigenvalue weighted by atomic mass is 31.0. The van der Waals surface area contributed by atoms with Crippen molar-refractivity contribution in [1.82, 2.24) is 0 Å². The molecule has 0 bridgehead atoms. The fraction of sp³-hybridized carbons (Fsp3) is 0.455. The number of benzene rings is 1. The number of aryl methyl sites for hydroxylation is 1. The van der Waals surface area contributed by atoms with Gasteiger partial charge in [0, 0.05) is 0 Å². The molecule has 1 unspecified atom stereocenters. The van der Waals surface area contributed by atoms with Crippen LogP contribution in [0.15, 0.2) is 24.3 Å². The molecular weight excluding hydrogens is 179 g/mol. The quantitative estimate of drug-likeness (QED) is 0.516. The maximum atomic E-state index is 5.01. The van der Waals surface area contributed by atoms with E-state index >= 15 is 0 Å². The molecule has 1 rings (SSSR count). The predicted molar refractivity (Wildman–Crippen MR) is 60.0 cm³/mol. The molecule has 1 aromatic rings. The van der Waals surface area contributed by atoms with Crippen molar-refractivity contribution in [2.24, 2.45) is 0 Å². The molecule has 0 aliphatic carbocycles. The van der Waals surface area contributed by atoms with E-state index in [2.05, 4.69) is 28.5 Å². The molecule has 0 amide bonds. The second kappa shape index (κ2) is 5.99. The normalized spacial score (nSPS) is 10.0. The standard InChI is InChI=1S/C11H17OP/c1-2-3-4-5-10-6-8-11(12-13)9-7-10/h6-9H,2-5,13H2,1H3. The largest absolute Gasteiger partial charge is 0.480 e. The Labute approximate surface area is 82.8 Å². The molecule has 13 heavy (non-hydrogen) atoms. The second-order valence-electron chi connectivity index (χ2n) is 3.22. The minimum absolute atomic E-state index is 0.907. The Balaban J connectivity index is 2.40. The molecule has 0 aliphatic heterocycles. The molecule has 0 fully saturated rings. The first-order valence-corrected chi connectivity index (χ1v) is 5.29. The van der Waals surface area contributed by atoms with Crippen molar-refractivity contribution in [2.75, 3.05) is 0 Å². The maximum Gasteiger partial charge on any atom is 0.122 e. The summed E-state index contributed by atoms with van der Waals surface area (Å²) in [5.74, 6) is 0.907. The Morgan fingerprint density at radius 3 is 2.38 bits per heavy atom. The van der Waals surface area contributed by atoms with Crippen LogP contribution >= 0.6 is 9.47 Å². The summed E-state index contributed by atoms with van der Waals surface area (Å²) in [6.45, 7) is 2.23. The third-order valence-corrected chi connectivity index (χ3v) is 2.40. The average molecular weight is 196 g/mol. The molecule has 0 aliphatic rings. The summed E-state index contributed by atoms with van der Waals surface area (Å²) in [4.78, 5) is 0. The molecule has 0 aromatic heterocycles. The van der Waals surface area contributed by atoms with E-state index < -0.39 is 0 Å². The van der Waals surface area contributed by atoms with Gasteiger partial charge in [-0.3, -0.25) is 0 Å². The van der Waals surface area contributed by atoms with Crippen LogP contribution in [-0.2, 0) is 6.42 Å². The van der Waals surface area contributed by atoms with Gasteiger partial charge in [-0.15, -0.1) is 0 Å². The third-order valence-electron chi connectivity index (χ3n) is 2.13. The van der Waals surface area contributed by atoms with Crippen LogP contribution in [0.4, 0.5) is 0 Å². The van der Waals surface area contributed by atoms with Crippen LogP contribution in [0.25, 0.3) is 0 Å². The maximum absolute atomic E-state index is 5.01. The van der Waals surface area contributed by atoms with Gasteiger partial charge >= 0.3 is 0 Å². The summed E-state index contributed by atoms with van der Waals surface area (Å²) in [7, 11) is 2.25. The Morgan fingerprint density at radius 2 is 1.85 bits per heavy atom. The monoisotopic (exact) mass is 196 g/mol. The van der Waals surface area contributed by atoms with Crippen LogP contribution in [0.2, 0.25) is 0 Å². The van der Waals surface area contributed by atoms with E-state index in [9.17, 15) is 0 Å². The van der Waals surface area contributed by atoms with Crippen molar-refractivity contribution in [2.45, 2.75) is 32.6 Å². The second-order valence-corrected chi connectivity index (χ2v) is 3.45. The third kappa shape index (κ3) is 3.78. The van der Waals surface area contributed by atoms with Crippen molar-refractivity contribution >= 4 is 9.47 Å². The lowest BCUT2D eigenvalue weighted by atomic mass is 10.1. The summed E-state index contributed by atoms with van der Waals surface area (Å²) >= 11 is 0. The molecule has 1 nitrogen and oxygen atoms in total. The first-order valence-electron chi connectivity index (χ1n) is 4.82. The Bertz CT molecular complexity index is 230. The zero-order valence-electron chi connectivity index (χ0n) is 8.12. The van der Waals surface area contributed by atoms with Gasteiger partial charge in [0.15, 0.2) is 0 Å². The SMILES string of the molecule is CCCCCc1ccc(OP)cc1. The van der Waals surface area contributed by atoms with Crippen molar-refractivity contribution in [3.8, 4) is 5.75 Å². The van der Waals surface area contributed by atoms with Crippen molar-refractivity contribution in [1.29, 1.82) is 0 Å². The minimum atomic E-state index is 0.907. The first-order chi connectivity index (χ1) is 6.36. The van der Waals surface area contributed by atoms with Crippen LogP contribution in [0, 0.1) is 0 Å². The van der Waals surface area contributed by atoms with Gasteiger partial charge < -0.3 is 4.52 Å². The highest BCUT2D eigenvalue weighted by Crippen LogP contribution is 2.15.